The van der Waals surface area contributed by atoms with Gasteiger partial charge in [0.2, 0.25) is 5.91 Å². The number of carbonyl (C=O) groups excluding carboxylic acids is 1. The number of nitrogens with zero attached hydrogens (tertiary/aromatic N) is 1. The summed E-state index contributed by atoms with van der Waals surface area (Å²) in [6.07, 6.45) is 3.17. The zero-order valence-electron chi connectivity index (χ0n) is 8.24. The Kier molecular flexibility index (Phi) is 3.28. The van der Waals surface area contributed by atoms with Crippen molar-refractivity contribution in [1.82, 2.24) is 10.3 Å². The lowest BCUT2D eigenvalue weighted by atomic mass is 10.3. The molecule has 1 atom stereocenters. The van der Waals surface area contributed by atoms with Gasteiger partial charge >= 0.3 is 0 Å². The Balaban J connectivity index is 2.64. The first kappa shape index (κ1) is 10.3. The first-order valence-electron chi connectivity index (χ1n) is 4.32. The molecule has 0 aliphatic heterocycles. The van der Waals surface area contributed by atoms with Gasteiger partial charge in [0, 0.05) is 13.2 Å². The van der Waals surface area contributed by atoms with Gasteiger partial charge in [-0.1, -0.05) is 0 Å². The Morgan fingerprint density at radius 1 is 1.57 bits per heavy atom. The van der Waals surface area contributed by atoms with Crippen LogP contribution in [-0.2, 0) is 4.79 Å². The van der Waals surface area contributed by atoms with E-state index >= 15 is 0 Å². The van der Waals surface area contributed by atoms with Gasteiger partial charge in [0.15, 0.2) is 0 Å². The van der Waals surface area contributed by atoms with Crippen LogP contribution in [-0.4, -0.2) is 24.0 Å². The van der Waals surface area contributed by atoms with Crippen LogP contribution in [0, 0.1) is 0 Å². The quantitative estimate of drug-likeness (QED) is 0.642. The molecule has 0 aromatic carbocycles. The van der Waals surface area contributed by atoms with Crippen molar-refractivity contribution in [3.05, 3.63) is 18.5 Å². The van der Waals surface area contributed by atoms with Gasteiger partial charge in [0.05, 0.1) is 17.6 Å². The lowest BCUT2D eigenvalue weighted by Crippen LogP contribution is -2.35. The number of nitrogens with one attached hydrogen (secondary N) is 2. The molecule has 0 spiro atoms. The third-order valence-corrected chi connectivity index (χ3v) is 1.78. The molecule has 0 aliphatic rings. The van der Waals surface area contributed by atoms with Gasteiger partial charge < -0.3 is 16.4 Å². The van der Waals surface area contributed by atoms with Crippen LogP contribution in [0.25, 0.3) is 0 Å². The highest BCUT2D eigenvalue weighted by molar-refractivity contribution is 5.83. The summed E-state index contributed by atoms with van der Waals surface area (Å²) in [7, 11) is 1.60. The zero-order valence-corrected chi connectivity index (χ0v) is 8.24. The first-order valence-corrected chi connectivity index (χ1v) is 4.32. The average Bonchev–Trinajstić information content (AvgIpc) is 2.16. The van der Waals surface area contributed by atoms with Crippen molar-refractivity contribution in [1.29, 1.82) is 0 Å². The van der Waals surface area contributed by atoms with Crippen LogP contribution >= 0.6 is 0 Å². The number of carbonyl (C=O) groups is 1. The fraction of sp³-hybridized carbons (Fsp3) is 0.333. The Hall–Kier alpha value is -1.78. The number of rotatable bonds is 3. The second-order valence-electron chi connectivity index (χ2n) is 2.99. The Bertz CT molecular complexity index is 326. The number of likely N-dealkylation sites (N-methyl/N-ethyl adjacent to an activating group) is 1. The maximum atomic E-state index is 11.2. The van der Waals surface area contributed by atoms with Crippen LogP contribution in [0.3, 0.4) is 0 Å². The van der Waals surface area contributed by atoms with E-state index in [0.717, 1.165) is 5.69 Å². The highest BCUT2D eigenvalue weighted by Gasteiger charge is 2.09. The molecule has 1 aromatic heterocycles. The number of pyridine rings is 1. The van der Waals surface area contributed by atoms with E-state index in [-0.39, 0.29) is 11.9 Å². The van der Waals surface area contributed by atoms with Crippen molar-refractivity contribution in [2.45, 2.75) is 13.0 Å². The smallest absolute Gasteiger partial charge is 0.241 e. The summed E-state index contributed by atoms with van der Waals surface area (Å²) >= 11 is 0. The van der Waals surface area contributed by atoms with E-state index in [0.29, 0.717) is 5.69 Å². The molecule has 5 heteroatoms. The van der Waals surface area contributed by atoms with Crippen LogP contribution in [0.5, 0.6) is 0 Å². The van der Waals surface area contributed by atoms with Gasteiger partial charge in [-0.2, -0.15) is 0 Å². The standard InChI is InChI=1S/C9H14N4O/c1-6(9(14)11-2)13-8-3-7(10)4-12-5-8/h3-6,13H,10H2,1-2H3,(H,11,14). The molecule has 1 rings (SSSR count). The number of anilines is 2. The Morgan fingerprint density at radius 2 is 2.29 bits per heavy atom. The molecule has 0 saturated carbocycles. The molecule has 1 aromatic rings. The van der Waals surface area contributed by atoms with E-state index in [9.17, 15) is 4.79 Å². The molecule has 0 saturated heterocycles. The molecule has 1 amide bonds. The van der Waals surface area contributed by atoms with Crippen molar-refractivity contribution >= 4 is 17.3 Å². The lowest BCUT2D eigenvalue weighted by Gasteiger charge is -2.13. The predicted octanol–water partition coefficient (Wildman–Crippen LogP) is 0.210. The molecule has 0 bridgehead atoms. The normalized spacial score (nSPS) is 11.9. The summed E-state index contributed by atoms with van der Waals surface area (Å²) in [6, 6.07) is 1.43. The monoisotopic (exact) mass is 194 g/mol. The molecule has 1 heterocycles. The van der Waals surface area contributed by atoms with Crippen LogP contribution in [0.1, 0.15) is 6.92 Å². The molecular weight excluding hydrogens is 180 g/mol. The van der Waals surface area contributed by atoms with E-state index in [1.165, 1.54) is 0 Å². The van der Waals surface area contributed by atoms with Gasteiger partial charge in [-0.15, -0.1) is 0 Å². The Labute approximate surface area is 82.7 Å². The summed E-state index contributed by atoms with van der Waals surface area (Å²) in [5, 5.41) is 5.53. The zero-order chi connectivity index (χ0) is 10.6. The van der Waals surface area contributed by atoms with Crippen LogP contribution in [0.15, 0.2) is 18.5 Å². The minimum Gasteiger partial charge on any atom is -0.397 e. The van der Waals surface area contributed by atoms with E-state index in [1.54, 1.807) is 32.4 Å². The number of aromatic nitrogens is 1. The Morgan fingerprint density at radius 3 is 2.86 bits per heavy atom. The van der Waals surface area contributed by atoms with Gasteiger partial charge in [-0.25, -0.2) is 0 Å². The minimum absolute atomic E-state index is 0.0765. The molecule has 1 unspecified atom stereocenters. The fourth-order valence-electron chi connectivity index (χ4n) is 1.07. The second kappa shape index (κ2) is 4.45. The van der Waals surface area contributed by atoms with Crippen LogP contribution in [0.2, 0.25) is 0 Å². The highest BCUT2D eigenvalue weighted by atomic mass is 16.2. The molecule has 76 valence electrons. The average molecular weight is 194 g/mol. The van der Waals surface area contributed by atoms with E-state index in [4.69, 9.17) is 5.73 Å². The topological polar surface area (TPSA) is 80.0 Å². The van der Waals surface area contributed by atoms with E-state index < -0.39 is 0 Å². The maximum Gasteiger partial charge on any atom is 0.241 e. The number of amides is 1. The third-order valence-electron chi connectivity index (χ3n) is 1.78. The SMILES string of the molecule is CNC(=O)C(C)Nc1cncc(N)c1. The second-order valence-corrected chi connectivity index (χ2v) is 2.99. The summed E-state index contributed by atoms with van der Waals surface area (Å²) in [6.45, 7) is 1.77. The van der Waals surface area contributed by atoms with Crippen molar-refractivity contribution < 1.29 is 4.79 Å². The number of hydrogen-bond acceptors (Lipinski definition) is 4. The summed E-state index contributed by atoms with van der Waals surface area (Å²) < 4.78 is 0. The van der Waals surface area contributed by atoms with Gasteiger partial charge in [-0.05, 0) is 13.0 Å². The number of hydrogen-bond donors (Lipinski definition) is 3. The molecule has 4 N–H and O–H groups in total. The summed E-state index contributed by atoms with van der Waals surface area (Å²) in [5.41, 5.74) is 6.85. The van der Waals surface area contributed by atoms with Gasteiger partial charge in [0.25, 0.3) is 0 Å². The van der Waals surface area contributed by atoms with E-state index in [1.807, 2.05) is 0 Å². The summed E-state index contributed by atoms with van der Waals surface area (Å²) in [5.74, 6) is -0.0765. The van der Waals surface area contributed by atoms with Crippen molar-refractivity contribution in [3.63, 3.8) is 0 Å². The molecule has 0 radical (unpaired) electrons. The lowest BCUT2D eigenvalue weighted by molar-refractivity contribution is -0.121. The largest absolute Gasteiger partial charge is 0.397 e. The molecule has 0 fully saturated rings. The third kappa shape index (κ3) is 2.62. The minimum atomic E-state index is -0.302. The highest BCUT2D eigenvalue weighted by Crippen LogP contribution is 2.10. The first-order chi connectivity index (χ1) is 6.63. The van der Waals surface area contributed by atoms with Crippen molar-refractivity contribution in [3.8, 4) is 0 Å². The molecule has 14 heavy (non-hydrogen) atoms. The summed E-state index contributed by atoms with van der Waals surface area (Å²) in [4.78, 5) is 15.1. The number of nitrogens with two attached hydrogens (primary N) is 1. The van der Waals surface area contributed by atoms with E-state index in [2.05, 4.69) is 15.6 Å². The molecular formula is C9H14N4O. The molecule has 5 nitrogen and oxygen atoms in total. The van der Waals surface area contributed by atoms with Crippen LogP contribution < -0.4 is 16.4 Å². The number of nitrogen functional groups attached to an aromatic ring is 1. The van der Waals surface area contributed by atoms with Crippen molar-refractivity contribution in [2.75, 3.05) is 18.1 Å². The van der Waals surface area contributed by atoms with Crippen molar-refractivity contribution in [2.24, 2.45) is 0 Å². The maximum absolute atomic E-state index is 11.2. The van der Waals surface area contributed by atoms with Gasteiger partial charge in [-0.3, -0.25) is 9.78 Å². The predicted molar refractivity (Wildman–Crippen MR) is 55.8 cm³/mol. The fourth-order valence-corrected chi connectivity index (χ4v) is 1.07. The van der Waals surface area contributed by atoms with Crippen LogP contribution in [0.4, 0.5) is 11.4 Å². The van der Waals surface area contributed by atoms with Gasteiger partial charge in [0.1, 0.15) is 6.04 Å². The molecule has 0 aliphatic carbocycles.